The molecule has 0 unspecified atom stereocenters. The molecule has 100 valence electrons. The Morgan fingerprint density at radius 2 is 2.05 bits per heavy atom. The smallest absolute Gasteiger partial charge is 0.263 e. The summed E-state index contributed by atoms with van der Waals surface area (Å²) in [4.78, 5) is 13.6. The second kappa shape index (κ2) is 7.22. The minimum absolute atomic E-state index is 0.104. The van der Waals surface area contributed by atoms with Gasteiger partial charge in [-0.05, 0) is 18.1 Å². The fourth-order valence-corrected chi connectivity index (χ4v) is 1.46. The van der Waals surface area contributed by atoms with Gasteiger partial charge in [0, 0.05) is 25.5 Å². The van der Waals surface area contributed by atoms with Gasteiger partial charge in [0.2, 0.25) is 0 Å². The lowest BCUT2D eigenvalue weighted by Gasteiger charge is -2.15. The minimum Gasteiger partial charge on any atom is -0.351 e. The van der Waals surface area contributed by atoms with E-state index in [2.05, 4.69) is 5.32 Å². The maximum atomic E-state index is 11.8. The molecule has 1 rings (SSSR count). The van der Waals surface area contributed by atoms with Crippen molar-refractivity contribution in [3.63, 3.8) is 0 Å². The van der Waals surface area contributed by atoms with Crippen LogP contribution < -0.4 is 10.2 Å². The first kappa shape index (κ1) is 14.8. The Kier molecular flexibility index (Phi) is 5.62. The van der Waals surface area contributed by atoms with E-state index in [0.717, 1.165) is 5.69 Å². The first-order valence-electron chi connectivity index (χ1n) is 6.22. The zero-order valence-electron chi connectivity index (χ0n) is 11.6. The highest BCUT2D eigenvalue weighted by molar-refractivity contribution is 5.97. The lowest BCUT2D eigenvalue weighted by atomic mass is 10.2. The zero-order valence-corrected chi connectivity index (χ0v) is 11.6. The van der Waals surface area contributed by atoms with Crippen molar-refractivity contribution in [1.29, 1.82) is 5.26 Å². The Morgan fingerprint density at radius 3 is 2.58 bits per heavy atom. The minimum atomic E-state index is -0.334. The molecule has 4 heteroatoms. The summed E-state index contributed by atoms with van der Waals surface area (Å²) >= 11 is 0. The predicted octanol–water partition coefficient (Wildman–Crippen LogP) is 2.30. The number of hydrogen-bond donors (Lipinski definition) is 1. The summed E-state index contributed by atoms with van der Waals surface area (Å²) < 4.78 is 0. The molecule has 0 saturated carbocycles. The second-order valence-electron chi connectivity index (χ2n) is 4.70. The first-order chi connectivity index (χ1) is 9.04. The number of carbonyl (C=O) groups excluding carboxylic acids is 1. The van der Waals surface area contributed by atoms with Gasteiger partial charge in [0.1, 0.15) is 11.6 Å². The van der Waals surface area contributed by atoms with E-state index in [1.54, 1.807) is 11.1 Å². The molecule has 0 aliphatic carbocycles. The first-order valence-corrected chi connectivity index (χ1v) is 6.22. The molecule has 1 aromatic rings. The van der Waals surface area contributed by atoms with Gasteiger partial charge in [-0.3, -0.25) is 4.79 Å². The average Bonchev–Trinajstić information content (AvgIpc) is 2.42. The van der Waals surface area contributed by atoms with Gasteiger partial charge in [0.05, 0.1) is 0 Å². The lowest BCUT2D eigenvalue weighted by Crippen LogP contribution is -2.29. The van der Waals surface area contributed by atoms with Gasteiger partial charge >= 0.3 is 0 Å². The molecule has 0 aliphatic heterocycles. The summed E-state index contributed by atoms with van der Waals surface area (Å²) in [5, 5.41) is 11.8. The van der Waals surface area contributed by atoms with E-state index < -0.39 is 0 Å². The summed E-state index contributed by atoms with van der Waals surface area (Å²) in [6.07, 6.45) is 1.55. The molecule has 0 heterocycles. The van der Waals surface area contributed by atoms with E-state index in [9.17, 15) is 4.79 Å². The molecule has 0 aromatic heterocycles. The van der Waals surface area contributed by atoms with Crippen LogP contribution in [0.15, 0.2) is 42.1 Å². The number of para-hydroxylation sites is 1. The molecule has 0 atom stereocenters. The highest BCUT2D eigenvalue weighted by atomic mass is 16.1. The molecule has 1 N–H and O–H groups in total. The summed E-state index contributed by atoms with van der Waals surface area (Å²) in [7, 11) is 1.81. The standard InChI is InChI=1S/C15H19N3O/c1-12(2)10-17-15(19)13(9-16)11-18(3)14-7-5-4-6-8-14/h4-8,11-12H,10H2,1-3H3,(H,17,19)/b13-11-. The van der Waals surface area contributed by atoms with Gasteiger partial charge in [-0.25, -0.2) is 0 Å². The third-order valence-corrected chi connectivity index (χ3v) is 2.52. The fourth-order valence-electron chi connectivity index (χ4n) is 1.46. The zero-order chi connectivity index (χ0) is 14.3. The van der Waals surface area contributed by atoms with Crippen LogP contribution in [0, 0.1) is 17.2 Å². The van der Waals surface area contributed by atoms with Crippen molar-refractivity contribution in [2.24, 2.45) is 5.92 Å². The summed E-state index contributed by atoms with van der Waals surface area (Å²) in [6, 6.07) is 11.5. The predicted molar refractivity (Wildman–Crippen MR) is 76.4 cm³/mol. The molecule has 4 nitrogen and oxygen atoms in total. The van der Waals surface area contributed by atoms with Crippen molar-refractivity contribution in [2.45, 2.75) is 13.8 Å². The van der Waals surface area contributed by atoms with E-state index in [-0.39, 0.29) is 11.5 Å². The Balaban J connectivity index is 2.77. The molecule has 19 heavy (non-hydrogen) atoms. The molecule has 0 radical (unpaired) electrons. The van der Waals surface area contributed by atoms with Crippen molar-refractivity contribution in [3.05, 3.63) is 42.1 Å². The third-order valence-electron chi connectivity index (χ3n) is 2.52. The van der Waals surface area contributed by atoms with Crippen molar-refractivity contribution >= 4 is 11.6 Å². The van der Waals surface area contributed by atoms with Crippen LogP contribution in [0.3, 0.4) is 0 Å². The van der Waals surface area contributed by atoms with Gasteiger partial charge in [-0.15, -0.1) is 0 Å². The van der Waals surface area contributed by atoms with Crippen LogP contribution in [-0.2, 0) is 4.79 Å². The van der Waals surface area contributed by atoms with Crippen LogP contribution in [0.4, 0.5) is 5.69 Å². The monoisotopic (exact) mass is 257 g/mol. The molecule has 0 aliphatic rings. The number of nitrogens with zero attached hydrogens (tertiary/aromatic N) is 2. The quantitative estimate of drug-likeness (QED) is 0.650. The third kappa shape index (κ3) is 4.84. The van der Waals surface area contributed by atoms with E-state index in [4.69, 9.17) is 5.26 Å². The van der Waals surface area contributed by atoms with Crippen LogP contribution in [0.1, 0.15) is 13.8 Å². The van der Waals surface area contributed by atoms with Crippen LogP contribution in [-0.4, -0.2) is 19.5 Å². The maximum absolute atomic E-state index is 11.8. The number of rotatable bonds is 5. The molecule has 0 spiro atoms. The molecule has 0 fully saturated rings. The summed E-state index contributed by atoms with van der Waals surface area (Å²) in [5.41, 5.74) is 1.03. The van der Waals surface area contributed by atoms with Crippen LogP contribution in [0.2, 0.25) is 0 Å². The van der Waals surface area contributed by atoms with E-state index in [1.165, 1.54) is 0 Å². The lowest BCUT2D eigenvalue weighted by molar-refractivity contribution is -0.117. The van der Waals surface area contributed by atoms with Gasteiger partial charge < -0.3 is 10.2 Å². The Hall–Kier alpha value is -2.28. The molecule has 1 aromatic carbocycles. The van der Waals surface area contributed by atoms with Gasteiger partial charge in [-0.2, -0.15) is 5.26 Å². The van der Waals surface area contributed by atoms with Crippen molar-refractivity contribution in [3.8, 4) is 6.07 Å². The molecule has 1 amide bonds. The van der Waals surface area contributed by atoms with Gasteiger partial charge in [0.25, 0.3) is 5.91 Å². The number of nitrogens with one attached hydrogen (secondary N) is 1. The van der Waals surface area contributed by atoms with Gasteiger partial charge in [0.15, 0.2) is 0 Å². The highest BCUT2D eigenvalue weighted by Crippen LogP contribution is 2.12. The fraction of sp³-hybridized carbons (Fsp3) is 0.333. The van der Waals surface area contributed by atoms with Crippen LogP contribution >= 0.6 is 0 Å². The van der Waals surface area contributed by atoms with Crippen molar-refractivity contribution in [2.75, 3.05) is 18.5 Å². The molecular weight excluding hydrogens is 238 g/mol. The number of anilines is 1. The van der Waals surface area contributed by atoms with E-state index in [0.29, 0.717) is 12.5 Å². The number of amides is 1. The SMILES string of the molecule is CC(C)CNC(=O)/C(C#N)=C\N(C)c1ccccc1. The van der Waals surface area contributed by atoms with Crippen molar-refractivity contribution < 1.29 is 4.79 Å². The normalized spacial score (nSPS) is 11.0. The van der Waals surface area contributed by atoms with E-state index >= 15 is 0 Å². The molecule has 0 saturated heterocycles. The molecule has 0 bridgehead atoms. The van der Waals surface area contributed by atoms with Gasteiger partial charge in [-0.1, -0.05) is 32.0 Å². The summed E-state index contributed by atoms with van der Waals surface area (Å²) in [6.45, 7) is 4.57. The Labute approximate surface area is 114 Å². The topological polar surface area (TPSA) is 56.1 Å². The van der Waals surface area contributed by atoms with E-state index in [1.807, 2.05) is 57.3 Å². The number of benzene rings is 1. The summed E-state index contributed by atoms with van der Waals surface area (Å²) in [5.74, 6) is 0.0229. The van der Waals surface area contributed by atoms with Crippen molar-refractivity contribution in [1.82, 2.24) is 5.32 Å². The van der Waals surface area contributed by atoms with Crippen LogP contribution in [0.5, 0.6) is 0 Å². The number of hydrogen-bond acceptors (Lipinski definition) is 3. The second-order valence-corrected chi connectivity index (χ2v) is 4.70. The number of nitriles is 1. The van der Waals surface area contributed by atoms with Crippen LogP contribution in [0.25, 0.3) is 0 Å². The largest absolute Gasteiger partial charge is 0.351 e. The molecular formula is C15H19N3O. The Morgan fingerprint density at radius 1 is 1.42 bits per heavy atom. The Bertz CT molecular complexity index is 486. The maximum Gasteiger partial charge on any atom is 0.263 e. The average molecular weight is 257 g/mol. The highest BCUT2D eigenvalue weighted by Gasteiger charge is 2.10. The number of carbonyl (C=O) groups is 1.